The molecule has 2 aliphatic heterocycles. The van der Waals surface area contributed by atoms with Crippen molar-refractivity contribution in [3.8, 4) is 0 Å². The Balaban J connectivity index is 1.93. The number of rotatable bonds is 1. The smallest absolute Gasteiger partial charge is 0.248 e. The van der Waals surface area contributed by atoms with Crippen LogP contribution in [0.15, 0.2) is 18.2 Å². The molecule has 0 saturated carbocycles. The Morgan fingerprint density at radius 3 is 2.47 bits per heavy atom. The highest BCUT2D eigenvalue weighted by Crippen LogP contribution is 2.37. The summed E-state index contributed by atoms with van der Waals surface area (Å²) in [6.45, 7) is 6.76. The Labute approximate surface area is 114 Å². The van der Waals surface area contributed by atoms with Gasteiger partial charge in [0.2, 0.25) is 5.91 Å². The molecule has 0 aromatic heterocycles. The summed E-state index contributed by atoms with van der Waals surface area (Å²) in [6.07, 6.45) is 0. The predicted octanol–water partition coefficient (Wildman–Crippen LogP) is 1.76. The number of carbonyl (C=O) groups is 1. The Kier molecular flexibility index (Phi) is 2.78. The first kappa shape index (κ1) is 12.5. The van der Waals surface area contributed by atoms with Gasteiger partial charge in [0.15, 0.2) is 0 Å². The van der Waals surface area contributed by atoms with Gasteiger partial charge in [-0.3, -0.25) is 4.79 Å². The molecule has 1 amide bonds. The lowest BCUT2D eigenvalue weighted by molar-refractivity contribution is -0.118. The molecule has 4 heteroatoms. The van der Waals surface area contributed by atoms with Crippen LogP contribution in [0.4, 0.5) is 11.4 Å². The third-order valence-electron chi connectivity index (χ3n) is 4.66. The lowest BCUT2D eigenvalue weighted by atomic mass is 10.0. The Hall–Kier alpha value is -1.55. The molecule has 1 saturated heterocycles. The summed E-state index contributed by atoms with van der Waals surface area (Å²) in [7, 11) is 1.80. The van der Waals surface area contributed by atoms with Crippen LogP contribution in [0.1, 0.15) is 25.5 Å². The van der Waals surface area contributed by atoms with Gasteiger partial charge in [-0.05, 0) is 24.0 Å². The van der Waals surface area contributed by atoms with Crippen molar-refractivity contribution in [3.63, 3.8) is 0 Å². The molecule has 4 nitrogen and oxygen atoms in total. The summed E-state index contributed by atoms with van der Waals surface area (Å²) in [5.41, 5.74) is 9.02. The lowest BCUT2D eigenvalue weighted by Gasteiger charge is -2.20. The zero-order valence-corrected chi connectivity index (χ0v) is 11.8. The second-order valence-electron chi connectivity index (χ2n) is 5.98. The summed E-state index contributed by atoms with van der Waals surface area (Å²) >= 11 is 0. The van der Waals surface area contributed by atoms with E-state index in [4.69, 9.17) is 5.73 Å². The predicted molar refractivity (Wildman–Crippen MR) is 77.3 cm³/mol. The topological polar surface area (TPSA) is 49.6 Å². The van der Waals surface area contributed by atoms with Gasteiger partial charge in [-0.15, -0.1) is 0 Å². The SMILES string of the molecule is CC1CN(c2ccc3c(c2)N(C)C(=O)C3N)CC1C. The second kappa shape index (κ2) is 4.23. The first-order valence-corrected chi connectivity index (χ1v) is 6.91. The van der Waals surface area contributed by atoms with Crippen LogP contribution in [-0.4, -0.2) is 26.0 Å². The van der Waals surface area contributed by atoms with Crippen molar-refractivity contribution in [2.24, 2.45) is 17.6 Å². The van der Waals surface area contributed by atoms with Gasteiger partial charge in [-0.25, -0.2) is 0 Å². The van der Waals surface area contributed by atoms with Crippen LogP contribution in [0.5, 0.6) is 0 Å². The fraction of sp³-hybridized carbons (Fsp3) is 0.533. The molecule has 1 aromatic rings. The molecule has 0 bridgehead atoms. The molecule has 3 rings (SSSR count). The zero-order chi connectivity index (χ0) is 13.7. The van der Waals surface area contributed by atoms with Gasteiger partial charge in [0.1, 0.15) is 6.04 Å². The van der Waals surface area contributed by atoms with Gasteiger partial charge < -0.3 is 15.5 Å². The standard InChI is InChI=1S/C15H21N3O/c1-9-7-18(8-10(9)2)11-4-5-12-13(6-11)17(3)15(19)14(12)16/h4-6,9-10,14H,7-8,16H2,1-3H3. The molecule has 1 aromatic carbocycles. The summed E-state index contributed by atoms with van der Waals surface area (Å²) in [4.78, 5) is 16.0. The van der Waals surface area contributed by atoms with Crippen molar-refractivity contribution in [2.45, 2.75) is 19.9 Å². The van der Waals surface area contributed by atoms with Crippen molar-refractivity contribution in [1.29, 1.82) is 0 Å². The van der Waals surface area contributed by atoms with Gasteiger partial charge in [0, 0.05) is 31.4 Å². The molecule has 2 heterocycles. The molecule has 1 fully saturated rings. The van der Waals surface area contributed by atoms with Gasteiger partial charge >= 0.3 is 0 Å². The molecular weight excluding hydrogens is 238 g/mol. The van der Waals surface area contributed by atoms with Crippen LogP contribution in [-0.2, 0) is 4.79 Å². The minimum Gasteiger partial charge on any atom is -0.371 e. The summed E-state index contributed by atoms with van der Waals surface area (Å²) < 4.78 is 0. The van der Waals surface area contributed by atoms with E-state index >= 15 is 0 Å². The Morgan fingerprint density at radius 2 is 1.84 bits per heavy atom. The van der Waals surface area contributed by atoms with E-state index in [-0.39, 0.29) is 5.91 Å². The fourth-order valence-corrected chi connectivity index (χ4v) is 3.08. The van der Waals surface area contributed by atoms with E-state index in [9.17, 15) is 4.79 Å². The van der Waals surface area contributed by atoms with E-state index in [1.54, 1.807) is 11.9 Å². The fourth-order valence-electron chi connectivity index (χ4n) is 3.08. The van der Waals surface area contributed by atoms with Crippen LogP contribution in [0, 0.1) is 11.8 Å². The highest BCUT2D eigenvalue weighted by Gasteiger charge is 2.33. The molecular formula is C15H21N3O. The first-order valence-electron chi connectivity index (χ1n) is 6.91. The summed E-state index contributed by atoms with van der Waals surface area (Å²) in [6, 6.07) is 5.70. The zero-order valence-electron chi connectivity index (χ0n) is 11.8. The van der Waals surface area contributed by atoms with E-state index in [0.29, 0.717) is 0 Å². The van der Waals surface area contributed by atoms with E-state index in [1.807, 2.05) is 6.07 Å². The highest BCUT2D eigenvalue weighted by molar-refractivity contribution is 6.04. The number of amides is 1. The monoisotopic (exact) mass is 259 g/mol. The number of nitrogens with zero attached hydrogens (tertiary/aromatic N) is 2. The molecule has 0 radical (unpaired) electrons. The van der Waals surface area contributed by atoms with Gasteiger partial charge in [0.25, 0.3) is 0 Å². The van der Waals surface area contributed by atoms with Crippen molar-refractivity contribution in [1.82, 2.24) is 0 Å². The van der Waals surface area contributed by atoms with E-state index in [2.05, 4.69) is 30.9 Å². The maximum atomic E-state index is 11.9. The summed E-state index contributed by atoms with van der Waals surface area (Å²) in [5.74, 6) is 1.42. The van der Waals surface area contributed by atoms with E-state index < -0.39 is 6.04 Å². The number of hydrogen-bond acceptors (Lipinski definition) is 3. The van der Waals surface area contributed by atoms with Gasteiger partial charge in [0.05, 0.1) is 5.69 Å². The average molecular weight is 259 g/mol. The number of carbonyl (C=O) groups excluding carboxylic acids is 1. The van der Waals surface area contributed by atoms with Crippen molar-refractivity contribution < 1.29 is 4.79 Å². The van der Waals surface area contributed by atoms with Crippen molar-refractivity contribution in [2.75, 3.05) is 29.9 Å². The number of anilines is 2. The lowest BCUT2D eigenvalue weighted by Crippen LogP contribution is -2.27. The Bertz CT molecular complexity index is 518. The third-order valence-corrected chi connectivity index (χ3v) is 4.66. The quantitative estimate of drug-likeness (QED) is 0.836. The van der Waals surface area contributed by atoms with Crippen molar-refractivity contribution in [3.05, 3.63) is 23.8 Å². The highest BCUT2D eigenvalue weighted by atomic mass is 16.2. The molecule has 2 N–H and O–H groups in total. The molecule has 2 aliphatic rings. The maximum Gasteiger partial charge on any atom is 0.248 e. The number of nitrogens with two attached hydrogens (primary N) is 1. The number of fused-ring (bicyclic) bond motifs is 1. The van der Waals surface area contributed by atoms with E-state index in [0.717, 1.165) is 36.2 Å². The largest absolute Gasteiger partial charge is 0.371 e. The van der Waals surface area contributed by atoms with Gasteiger partial charge in [-0.2, -0.15) is 0 Å². The minimum absolute atomic E-state index is 0.0182. The second-order valence-corrected chi connectivity index (χ2v) is 5.98. The van der Waals surface area contributed by atoms with Crippen LogP contribution in [0.25, 0.3) is 0 Å². The molecule has 19 heavy (non-hydrogen) atoms. The molecule has 3 atom stereocenters. The molecule has 102 valence electrons. The van der Waals surface area contributed by atoms with Crippen molar-refractivity contribution >= 4 is 17.3 Å². The minimum atomic E-state index is -0.495. The summed E-state index contributed by atoms with van der Waals surface area (Å²) in [5, 5.41) is 0. The normalized spacial score (nSPS) is 30.1. The van der Waals surface area contributed by atoms with Gasteiger partial charge in [-0.1, -0.05) is 19.9 Å². The van der Waals surface area contributed by atoms with Crippen LogP contribution in [0.3, 0.4) is 0 Å². The number of benzene rings is 1. The van der Waals surface area contributed by atoms with E-state index in [1.165, 1.54) is 5.69 Å². The molecule has 0 spiro atoms. The van der Waals surface area contributed by atoms with Crippen LogP contribution >= 0.6 is 0 Å². The van der Waals surface area contributed by atoms with Crippen LogP contribution < -0.4 is 15.5 Å². The molecule has 0 aliphatic carbocycles. The number of hydrogen-bond donors (Lipinski definition) is 1. The Morgan fingerprint density at radius 1 is 1.21 bits per heavy atom. The molecule has 3 unspecified atom stereocenters. The van der Waals surface area contributed by atoms with Crippen LogP contribution in [0.2, 0.25) is 0 Å². The number of likely N-dealkylation sites (N-methyl/N-ethyl adjacent to an activating group) is 1. The maximum absolute atomic E-state index is 11.9. The first-order chi connectivity index (χ1) is 8.99. The average Bonchev–Trinajstić information content (AvgIpc) is 2.84. The third kappa shape index (κ3) is 1.82.